The molecule has 0 fully saturated rings. The Hall–Kier alpha value is -0.260. The second kappa shape index (κ2) is 4.08. The van der Waals surface area contributed by atoms with Gasteiger partial charge in [0.2, 0.25) is 0 Å². The zero-order valence-electron chi connectivity index (χ0n) is 10.6. The largest absolute Gasteiger partial charge is 0.0848 e. The van der Waals surface area contributed by atoms with Gasteiger partial charge in [-0.2, -0.15) is 0 Å². The second-order valence-electron chi connectivity index (χ2n) is 6.60. The van der Waals surface area contributed by atoms with Crippen LogP contribution in [-0.2, 0) is 0 Å². The van der Waals surface area contributed by atoms with Crippen molar-refractivity contribution in [2.24, 2.45) is 10.8 Å². The molecule has 82 valence electrons. The fraction of sp³-hybridized carbons (Fsp3) is 0.857. The van der Waals surface area contributed by atoms with Gasteiger partial charge in [0.1, 0.15) is 0 Å². The minimum atomic E-state index is 0.415. The minimum absolute atomic E-state index is 0.415. The summed E-state index contributed by atoms with van der Waals surface area (Å²) in [4.78, 5) is 0. The molecule has 0 radical (unpaired) electrons. The fourth-order valence-corrected chi connectivity index (χ4v) is 2.89. The Morgan fingerprint density at radius 2 is 1.71 bits per heavy atom. The molecule has 1 rings (SSSR count). The molecule has 0 saturated carbocycles. The fourth-order valence-electron chi connectivity index (χ4n) is 2.89. The van der Waals surface area contributed by atoms with E-state index in [0.29, 0.717) is 10.8 Å². The van der Waals surface area contributed by atoms with Crippen molar-refractivity contribution < 1.29 is 0 Å². The first-order chi connectivity index (χ1) is 6.31. The lowest BCUT2D eigenvalue weighted by Gasteiger charge is -2.36. The molecule has 0 aliphatic heterocycles. The van der Waals surface area contributed by atoms with E-state index in [1.54, 1.807) is 5.57 Å². The van der Waals surface area contributed by atoms with E-state index in [9.17, 15) is 0 Å². The van der Waals surface area contributed by atoms with Crippen LogP contribution in [-0.4, -0.2) is 0 Å². The first-order valence-electron chi connectivity index (χ1n) is 6.01. The van der Waals surface area contributed by atoms with E-state index < -0.39 is 0 Å². The molecule has 14 heavy (non-hydrogen) atoms. The van der Waals surface area contributed by atoms with Crippen molar-refractivity contribution in [2.75, 3.05) is 0 Å². The molecular formula is C14H26. The van der Waals surface area contributed by atoms with Gasteiger partial charge in [-0.25, -0.2) is 0 Å². The van der Waals surface area contributed by atoms with Gasteiger partial charge >= 0.3 is 0 Å². The number of hydrogen-bond donors (Lipinski definition) is 0. The predicted octanol–water partition coefficient (Wildman–Crippen LogP) is 4.95. The summed E-state index contributed by atoms with van der Waals surface area (Å²) in [7, 11) is 0. The molecule has 0 aromatic rings. The van der Waals surface area contributed by atoms with Crippen molar-refractivity contribution in [2.45, 2.75) is 66.7 Å². The summed E-state index contributed by atoms with van der Waals surface area (Å²) >= 11 is 0. The predicted molar refractivity (Wildman–Crippen MR) is 64.4 cm³/mol. The highest BCUT2D eigenvalue weighted by Gasteiger charge is 2.29. The highest BCUT2D eigenvalue weighted by Crippen LogP contribution is 2.42. The molecule has 0 heterocycles. The lowest BCUT2D eigenvalue weighted by atomic mass is 9.69. The van der Waals surface area contributed by atoms with Crippen LogP contribution in [0.5, 0.6) is 0 Å². The van der Waals surface area contributed by atoms with Crippen LogP contribution in [0.4, 0.5) is 0 Å². The normalized spacial score (nSPS) is 19.4. The highest BCUT2D eigenvalue weighted by molar-refractivity contribution is 5.14. The van der Waals surface area contributed by atoms with E-state index in [4.69, 9.17) is 0 Å². The third kappa shape index (κ3) is 3.48. The highest BCUT2D eigenvalue weighted by atomic mass is 14.3. The number of hydrogen-bond acceptors (Lipinski definition) is 0. The summed E-state index contributed by atoms with van der Waals surface area (Å²) in [5.41, 5.74) is 2.57. The van der Waals surface area contributed by atoms with E-state index in [1.165, 1.54) is 32.1 Å². The van der Waals surface area contributed by atoms with Crippen LogP contribution >= 0.6 is 0 Å². The van der Waals surface area contributed by atoms with E-state index in [2.05, 4.69) is 40.7 Å². The summed E-state index contributed by atoms with van der Waals surface area (Å²) in [5.74, 6) is 0. The van der Waals surface area contributed by atoms with Crippen LogP contribution in [0.1, 0.15) is 66.7 Å². The summed E-state index contributed by atoms with van der Waals surface area (Å²) < 4.78 is 0. The van der Waals surface area contributed by atoms with Crippen molar-refractivity contribution in [3.05, 3.63) is 11.6 Å². The van der Waals surface area contributed by atoms with Crippen molar-refractivity contribution in [1.29, 1.82) is 0 Å². The Labute approximate surface area is 89.8 Å². The quantitative estimate of drug-likeness (QED) is 0.546. The van der Waals surface area contributed by atoms with Gasteiger partial charge in [0.05, 0.1) is 0 Å². The van der Waals surface area contributed by atoms with Crippen LogP contribution in [0.3, 0.4) is 0 Å². The lowest BCUT2D eigenvalue weighted by molar-refractivity contribution is 0.241. The Kier molecular flexibility index (Phi) is 3.44. The van der Waals surface area contributed by atoms with E-state index >= 15 is 0 Å². The third-order valence-electron chi connectivity index (χ3n) is 3.13. The molecular weight excluding hydrogens is 168 g/mol. The standard InChI is InChI=1S/C14H26/c1-13(2,3)11-14(4,5)12-9-7-6-8-10-12/h9H,6-8,10-11H2,1-5H3. The summed E-state index contributed by atoms with van der Waals surface area (Å²) in [6.45, 7) is 11.9. The maximum absolute atomic E-state index is 2.50. The van der Waals surface area contributed by atoms with Crippen LogP contribution in [0, 0.1) is 10.8 Å². The van der Waals surface area contributed by atoms with Gasteiger partial charge in [-0.15, -0.1) is 0 Å². The average Bonchev–Trinajstić information content (AvgIpc) is 2.01. The van der Waals surface area contributed by atoms with Gasteiger partial charge in [-0.1, -0.05) is 46.3 Å². The van der Waals surface area contributed by atoms with Crippen LogP contribution in [0.25, 0.3) is 0 Å². The number of allylic oxidation sites excluding steroid dienone is 2. The maximum Gasteiger partial charge on any atom is -0.0140 e. The van der Waals surface area contributed by atoms with Crippen LogP contribution < -0.4 is 0 Å². The second-order valence-corrected chi connectivity index (χ2v) is 6.60. The van der Waals surface area contributed by atoms with Gasteiger partial charge in [0.25, 0.3) is 0 Å². The summed E-state index contributed by atoms with van der Waals surface area (Å²) in [5, 5.41) is 0. The van der Waals surface area contributed by atoms with Crippen molar-refractivity contribution in [3.63, 3.8) is 0 Å². The molecule has 0 heteroatoms. The van der Waals surface area contributed by atoms with E-state index in [0.717, 1.165) is 0 Å². The molecule has 0 spiro atoms. The zero-order chi connectivity index (χ0) is 10.8. The van der Waals surface area contributed by atoms with Crippen LogP contribution in [0.2, 0.25) is 0 Å². The Bertz CT molecular complexity index is 213. The molecule has 0 bridgehead atoms. The Morgan fingerprint density at radius 1 is 1.07 bits per heavy atom. The van der Waals surface area contributed by atoms with E-state index in [-0.39, 0.29) is 0 Å². The molecule has 0 aromatic carbocycles. The molecule has 0 nitrogen and oxygen atoms in total. The molecule has 1 aliphatic carbocycles. The molecule has 1 aliphatic rings. The zero-order valence-corrected chi connectivity index (χ0v) is 10.6. The lowest BCUT2D eigenvalue weighted by Crippen LogP contribution is -2.23. The van der Waals surface area contributed by atoms with Gasteiger partial charge in [0, 0.05) is 0 Å². The monoisotopic (exact) mass is 194 g/mol. The minimum Gasteiger partial charge on any atom is -0.0848 e. The molecule has 0 amide bonds. The third-order valence-corrected chi connectivity index (χ3v) is 3.13. The average molecular weight is 194 g/mol. The SMILES string of the molecule is CC(C)(C)CC(C)(C)C1=CCCCC1. The molecule has 0 atom stereocenters. The van der Waals surface area contributed by atoms with Gasteiger partial charge in [-0.05, 0) is 42.9 Å². The Balaban J connectivity index is 2.68. The van der Waals surface area contributed by atoms with E-state index in [1.807, 2.05) is 0 Å². The first kappa shape index (κ1) is 11.8. The smallest absolute Gasteiger partial charge is 0.0140 e. The Morgan fingerprint density at radius 3 is 2.14 bits per heavy atom. The molecule has 0 unspecified atom stereocenters. The van der Waals surface area contributed by atoms with Crippen molar-refractivity contribution >= 4 is 0 Å². The van der Waals surface area contributed by atoms with Crippen molar-refractivity contribution in [3.8, 4) is 0 Å². The molecule has 0 N–H and O–H groups in total. The van der Waals surface area contributed by atoms with Gasteiger partial charge in [0.15, 0.2) is 0 Å². The van der Waals surface area contributed by atoms with Crippen LogP contribution in [0.15, 0.2) is 11.6 Å². The van der Waals surface area contributed by atoms with Crippen molar-refractivity contribution in [1.82, 2.24) is 0 Å². The number of rotatable bonds is 2. The topological polar surface area (TPSA) is 0 Å². The molecule has 0 aromatic heterocycles. The summed E-state index contributed by atoms with van der Waals surface area (Å²) in [6, 6.07) is 0. The van der Waals surface area contributed by atoms with Gasteiger partial charge in [-0.3, -0.25) is 0 Å². The first-order valence-corrected chi connectivity index (χ1v) is 6.01. The summed E-state index contributed by atoms with van der Waals surface area (Å²) in [6.07, 6.45) is 9.24. The maximum atomic E-state index is 2.50. The van der Waals surface area contributed by atoms with Gasteiger partial charge < -0.3 is 0 Å². The molecule has 0 saturated heterocycles.